The van der Waals surface area contributed by atoms with Crippen LogP contribution in [0, 0.1) is 5.41 Å². The minimum Gasteiger partial charge on any atom is -0.493 e. The SMILES string of the molecule is COc1cc(Br)c(/C=C2/SC(=N)NC2=O)cc1OC. The van der Waals surface area contributed by atoms with E-state index >= 15 is 0 Å². The number of rotatable bonds is 3. The van der Waals surface area contributed by atoms with Crippen LogP contribution >= 0.6 is 27.7 Å². The van der Waals surface area contributed by atoms with Crippen molar-refractivity contribution in [2.45, 2.75) is 0 Å². The molecule has 0 saturated carbocycles. The van der Waals surface area contributed by atoms with E-state index < -0.39 is 0 Å². The van der Waals surface area contributed by atoms with Crippen molar-refractivity contribution in [1.29, 1.82) is 5.41 Å². The van der Waals surface area contributed by atoms with Gasteiger partial charge in [-0.05, 0) is 35.5 Å². The molecule has 1 aliphatic rings. The number of ether oxygens (including phenoxy) is 2. The third-order valence-electron chi connectivity index (χ3n) is 2.45. The Balaban J connectivity index is 2.43. The number of carbonyl (C=O) groups excluding carboxylic acids is 1. The second-order valence-corrected chi connectivity index (χ2v) is 5.53. The summed E-state index contributed by atoms with van der Waals surface area (Å²) in [7, 11) is 3.11. The van der Waals surface area contributed by atoms with E-state index in [1.807, 2.05) is 0 Å². The second kappa shape index (κ2) is 5.66. The molecule has 2 N–H and O–H groups in total. The zero-order chi connectivity index (χ0) is 14.0. The smallest absolute Gasteiger partial charge is 0.264 e. The molecule has 0 aliphatic carbocycles. The molecule has 1 fully saturated rings. The van der Waals surface area contributed by atoms with Crippen LogP contribution < -0.4 is 14.8 Å². The molecule has 1 amide bonds. The maximum absolute atomic E-state index is 11.6. The Morgan fingerprint density at radius 3 is 2.47 bits per heavy atom. The highest BCUT2D eigenvalue weighted by atomic mass is 79.9. The van der Waals surface area contributed by atoms with Gasteiger partial charge >= 0.3 is 0 Å². The number of methoxy groups -OCH3 is 2. The predicted molar refractivity (Wildman–Crippen MR) is 78.7 cm³/mol. The van der Waals surface area contributed by atoms with Gasteiger partial charge in [-0.2, -0.15) is 0 Å². The molecular formula is C12H11BrN2O3S. The number of hydrogen-bond acceptors (Lipinski definition) is 5. The number of amides is 1. The summed E-state index contributed by atoms with van der Waals surface area (Å²) in [6.45, 7) is 0. The number of carbonyl (C=O) groups is 1. The first-order valence-electron chi connectivity index (χ1n) is 5.26. The van der Waals surface area contributed by atoms with Gasteiger partial charge in [0.05, 0.1) is 19.1 Å². The van der Waals surface area contributed by atoms with Crippen LogP contribution in [0.15, 0.2) is 21.5 Å². The molecule has 19 heavy (non-hydrogen) atoms. The molecule has 100 valence electrons. The lowest BCUT2D eigenvalue weighted by atomic mass is 10.2. The number of halogens is 1. The van der Waals surface area contributed by atoms with Crippen molar-refractivity contribution in [2.24, 2.45) is 0 Å². The second-order valence-electron chi connectivity index (χ2n) is 3.62. The van der Waals surface area contributed by atoms with E-state index in [0.29, 0.717) is 16.4 Å². The third kappa shape index (κ3) is 2.93. The normalized spacial score (nSPS) is 16.7. The van der Waals surface area contributed by atoms with Crippen molar-refractivity contribution in [2.75, 3.05) is 14.2 Å². The van der Waals surface area contributed by atoms with Gasteiger partial charge in [0.2, 0.25) is 0 Å². The van der Waals surface area contributed by atoms with Gasteiger partial charge in [0, 0.05) is 4.47 Å². The summed E-state index contributed by atoms with van der Waals surface area (Å²) in [6.07, 6.45) is 1.70. The zero-order valence-corrected chi connectivity index (χ0v) is 12.6. The molecule has 1 heterocycles. The topological polar surface area (TPSA) is 71.4 Å². The van der Waals surface area contributed by atoms with Crippen molar-refractivity contribution in [3.8, 4) is 11.5 Å². The molecular weight excluding hydrogens is 332 g/mol. The van der Waals surface area contributed by atoms with Crippen molar-refractivity contribution in [3.05, 3.63) is 27.1 Å². The lowest BCUT2D eigenvalue weighted by Gasteiger charge is -2.10. The van der Waals surface area contributed by atoms with Gasteiger partial charge in [0.1, 0.15) is 0 Å². The number of hydrogen-bond donors (Lipinski definition) is 2. The molecule has 0 spiro atoms. The molecule has 1 aliphatic heterocycles. The molecule has 0 atom stereocenters. The van der Waals surface area contributed by atoms with Gasteiger partial charge in [0.25, 0.3) is 5.91 Å². The molecule has 7 heteroatoms. The maximum Gasteiger partial charge on any atom is 0.264 e. The van der Waals surface area contributed by atoms with Gasteiger partial charge < -0.3 is 14.8 Å². The lowest BCUT2D eigenvalue weighted by Crippen LogP contribution is -2.18. The van der Waals surface area contributed by atoms with Gasteiger partial charge in [0.15, 0.2) is 16.7 Å². The third-order valence-corrected chi connectivity index (χ3v) is 3.97. The number of benzene rings is 1. The molecule has 1 aromatic carbocycles. The van der Waals surface area contributed by atoms with Crippen LogP contribution in [0.5, 0.6) is 11.5 Å². The quantitative estimate of drug-likeness (QED) is 0.828. The highest BCUT2D eigenvalue weighted by molar-refractivity contribution is 9.10. The molecule has 2 rings (SSSR count). The summed E-state index contributed by atoms with van der Waals surface area (Å²) in [6, 6.07) is 3.54. The van der Waals surface area contributed by atoms with E-state index in [1.54, 1.807) is 32.4 Å². The number of amidine groups is 1. The van der Waals surface area contributed by atoms with E-state index in [-0.39, 0.29) is 11.1 Å². The largest absolute Gasteiger partial charge is 0.493 e. The van der Waals surface area contributed by atoms with E-state index in [9.17, 15) is 4.79 Å². The van der Waals surface area contributed by atoms with Crippen molar-refractivity contribution in [3.63, 3.8) is 0 Å². The molecule has 0 aromatic heterocycles. The van der Waals surface area contributed by atoms with E-state index in [0.717, 1.165) is 21.8 Å². The van der Waals surface area contributed by atoms with Crippen LogP contribution in [0.2, 0.25) is 0 Å². The Bertz CT molecular complexity index is 587. The first kappa shape index (κ1) is 14.0. The summed E-state index contributed by atoms with van der Waals surface area (Å²) in [5.74, 6) is 0.917. The molecule has 1 saturated heterocycles. The van der Waals surface area contributed by atoms with E-state index in [4.69, 9.17) is 14.9 Å². The van der Waals surface area contributed by atoms with Crippen molar-refractivity contribution in [1.82, 2.24) is 5.32 Å². The van der Waals surface area contributed by atoms with Crippen LogP contribution in [0.3, 0.4) is 0 Å². The van der Waals surface area contributed by atoms with E-state index in [2.05, 4.69) is 21.2 Å². The van der Waals surface area contributed by atoms with Gasteiger partial charge in [-0.25, -0.2) is 0 Å². The molecule has 0 radical (unpaired) electrons. The maximum atomic E-state index is 11.6. The fourth-order valence-corrected chi connectivity index (χ4v) is 2.69. The monoisotopic (exact) mass is 342 g/mol. The average molecular weight is 343 g/mol. The zero-order valence-electron chi connectivity index (χ0n) is 10.2. The fraction of sp³-hybridized carbons (Fsp3) is 0.167. The first-order valence-corrected chi connectivity index (χ1v) is 6.87. The highest BCUT2D eigenvalue weighted by Crippen LogP contribution is 2.35. The van der Waals surface area contributed by atoms with Crippen LogP contribution in [0.4, 0.5) is 0 Å². The van der Waals surface area contributed by atoms with Crippen LogP contribution in [0.25, 0.3) is 6.08 Å². The molecule has 0 bridgehead atoms. The van der Waals surface area contributed by atoms with Crippen molar-refractivity contribution < 1.29 is 14.3 Å². The summed E-state index contributed by atoms with van der Waals surface area (Å²) in [5.41, 5.74) is 0.782. The van der Waals surface area contributed by atoms with E-state index in [1.165, 1.54) is 0 Å². The Kier molecular flexibility index (Phi) is 4.16. The Labute approximate surface area is 123 Å². The number of thioether (sulfide) groups is 1. The molecule has 5 nitrogen and oxygen atoms in total. The van der Waals surface area contributed by atoms with Gasteiger partial charge in [-0.1, -0.05) is 15.9 Å². The highest BCUT2D eigenvalue weighted by Gasteiger charge is 2.22. The Morgan fingerprint density at radius 2 is 1.95 bits per heavy atom. The Hall–Kier alpha value is -1.47. The summed E-state index contributed by atoms with van der Waals surface area (Å²) in [5, 5.41) is 9.96. The van der Waals surface area contributed by atoms with Crippen molar-refractivity contribution >= 4 is 44.8 Å². The fourth-order valence-electron chi connectivity index (χ4n) is 1.56. The Morgan fingerprint density at radius 1 is 1.32 bits per heavy atom. The van der Waals surface area contributed by atoms with Crippen LogP contribution in [-0.2, 0) is 4.79 Å². The predicted octanol–water partition coefficient (Wildman–Crippen LogP) is 2.60. The van der Waals surface area contributed by atoms with Crippen LogP contribution in [0.1, 0.15) is 5.56 Å². The van der Waals surface area contributed by atoms with Gasteiger partial charge in [-0.3, -0.25) is 10.2 Å². The summed E-state index contributed by atoms with van der Waals surface area (Å²) in [4.78, 5) is 12.0. The summed E-state index contributed by atoms with van der Waals surface area (Å²) < 4.78 is 11.2. The minimum atomic E-state index is -0.267. The minimum absolute atomic E-state index is 0.132. The van der Waals surface area contributed by atoms with Gasteiger partial charge in [-0.15, -0.1) is 0 Å². The van der Waals surface area contributed by atoms with Crippen LogP contribution in [-0.4, -0.2) is 25.3 Å². The molecule has 1 aromatic rings. The molecule has 0 unspecified atom stereocenters. The lowest BCUT2D eigenvalue weighted by molar-refractivity contribution is -0.115. The first-order chi connectivity index (χ1) is 9.05. The standard InChI is InChI=1S/C12H11BrN2O3S/c1-17-8-3-6(7(13)5-9(8)18-2)4-10-11(16)15-12(14)19-10/h3-5H,1-2H3,(H2,14,15,16)/b10-4+. The summed E-state index contributed by atoms with van der Waals surface area (Å²) >= 11 is 4.51. The number of nitrogens with one attached hydrogen (secondary N) is 2. The average Bonchev–Trinajstić information content (AvgIpc) is 2.69.